The molecule has 20 heavy (non-hydrogen) atoms. The van der Waals surface area contributed by atoms with E-state index in [4.69, 9.17) is 6.42 Å². The molecule has 0 radical (unpaired) electrons. The summed E-state index contributed by atoms with van der Waals surface area (Å²) in [6, 6.07) is 2.44. The molecule has 1 fully saturated rings. The molecule has 6 heteroatoms. The predicted octanol–water partition coefficient (Wildman–Crippen LogP) is 2.83. The van der Waals surface area contributed by atoms with Gasteiger partial charge in [-0.1, -0.05) is 6.07 Å². The van der Waals surface area contributed by atoms with Gasteiger partial charge in [0.15, 0.2) is 0 Å². The fraction of sp³-hybridized carbons (Fsp3) is 0.357. The number of alkyl halides is 3. The number of benzene rings is 1. The number of amides is 1. The molecule has 0 spiro atoms. The Kier molecular flexibility index (Phi) is 3.71. The minimum absolute atomic E-state index is 0.134. The molecule has 1 aromatic carbocycles. The molecule has 1 saturated heterocycles. The number of nitrogens with zero attached hydrogens (tertiary/aromatic N) is 1. The fourth-order valence-corrected chi connectivity index (χ4v) is 2.19. The van der Waals surface area contributed by atoms with Crippen LogP contribution in [0.2, 0.25) is 0 Å². The maximum Gasteiger partial charge on any atom is 0.416 e. The van der Waals surface area contributed by atoms with Crippen LogP contribution in [-0.2, 0) is 17.5 Å². The van der Waals surface area contributed by atoms with Gasteiger partial charge in [-0.3, -0.25) is 4.79 Å². The van der Waals surface area contributed by atoms with Gasteiger partial charge < -0.3 is 4.90 Å². The molecule has 0 aromatic heterocycles. The van der Waals surface area contributed by atoms with Gasteiger partial charge in [0.2, 0.25) is 5.91 Å². The SMILES string of the molecule is C#CC1CC(=O)N(Cc2ccc(F)cc2C(F)(F)F)C1. The van der Waals surface area contributed by atoms with Crippen molar-refractivity contribution in [3.05, 3.63) is 35.1 Å². The van der Waals surface area contributed by atoms with Gasteiger partial charge in [-0.25, -0.2) is 4.39 Å². The molecule has 2 rings (SSSR count). The average Bonchev–Trinajstić information content (AvgIpc) is 2.71. The van der Waals surface area contributed by atoms with Crippen LogP contribution in [0.25, 0.3) is 0 Å². The molecule has 1 aliphatic heterocycles. The molecule has 0 aliphatic carbocycles. The summed E-state index contributed by atoms with van der Waals surface area (Å²) in [6.07, 6.45) is 0.689. The summed E-state index contributed by atoms with van der Waals surface area (Å²) in [5.41, 5.74) is -1.20. The molecule has 0 saturated carbocycles. The van der Waals surface area contributed by atoms with Gasteiger partial charge in [0.05, 0.1) is 5.56 Å². The lowest BCUT2D eigenvalue weighted by Crippen LogP contribution is -2.26. The van der Waals surface area contributed by atoms with Gasteiger partial charge >= 0.3 is 6.18 Å². The number of halogens is 4. The van der Waals surface area contributed by atoms with E-state index in [-0.39, 0.29) is 36.9 Å². The summed E-state index contributed by atoms with van der Waals surface area (Å²) >= 11 is 0. The van der Waals surface area contributed by atoms with E-state index < -0.39 is 17.6 Å². The highest BCUT2D eigenvalue weighted by Gasteiger charge is 2.35. The molecule has 1 aromatic rings. The standard InChI is InChI=1S/C14H11F4NO/c1-2-9-5-13(20)19(7-9)8-10-3-4-11(15)6-12(10)14(16,17)18/h1,3-4,6,9H,5,7-8H2. The van der Waals surface area contributed by atoms with Crippen molar-refractivity contribution in [3.8, 4) is 12.3 Å². The first-order chi connectivity index (χ1) is 9.31. The number of likely N-dealkylation sites (tertiary alicyclic amines) is 1. The summed E-state index contributed by atoms with van der Waals surface area (Å²) in [6.45, 7) is 0.0101. The lowest BCUT2D eigenvalue weighted by molar-refractivity contribution is -0.139. The van der Waals surface area contributed by atoms with Crippen molar-refractivity contribution in [2.24, 2.45) is 5.92 Å². The number of carbonyl (C=O) groups excluding carboxylic acids is 1. The molecule has 1 amide bonds. The zero-order chi connectivity index (χ0) is 14.9. The van der Waals surface area contributed by atoms with E-state index in [1.54, 1.807) is 0 Å². The maximum atomic E-state index is 13.0. The number of hydrogen-bond acceptors (Lipinski definition) is 1. The zero-order valence-corrected chi connectivity index (χ0v) is 10.4. The zero-order valence-electron chi connectivity index (χ0n) is 10.4. The second-order valence-corrected chi connectivity index (χ2v) is 4.64. The molecule has 2 nitrogen and oxygen atoms in total. The fourth-order valence-electron chi connectivity index (χ4n) is 2.19. The third-order valence-electron chi connectivity index (χ3n) is 3.19. The van der Waals surface area contributed by atoms with Gasteiger partial charge in [-0.15, -0.1) is 12.3 Å². The summed E-state index contributed by atoms with van der Waals surface area (Å²) in [5, 5.41) is 0. The monoisotopic (exact) mass is 285 g/mol. The summed E-state index contributed by atoms with van der Waals surface area (Å²) in [4.78, 5) is 12.9. The van der Waals surface area contributed by atoms with E-state index in [0.29, 0.717) is 6.07 Å². The van der Waals surface area contributed by atoms with E-state index in [0.717, 1.165) is 12.1 Å². The van der Waals surface area contributed by atoms with Crippen LogP contribution in [0.4, 0.5) is 17.6 Å². The first kappa shape index (κ1) is 14.4. The quantitative estimate of drug-likeness (QED) is 0.604. The Morgan fingerprint density at radius 3 is 2.65 bits per heavy atom. The molecular weight excluding hydrogens is 274 g/mol. The van der Waals surface area contributed by atoms with Crippen molar-refractivity contribution in [2.45, 2.75) is 19.1 Å². The highest BCUT2D eigenvalue weighted by atomic mass is 19.4. The normalized spacial score (nSPS) is 19.2. The van der Waals surface area contributed by atoms with Crippen LogP contribution in [0, 0.1) is 24.1 Å². The lowest BCUT2D eigenvalue weighted by atomic mass is 10.1. The summed E-state index contributed by atoms with van der Waals surface area (Å²) < 4.78 is 51.5. The summed E-state index contributed by atoms with van der Waals surface area (Å²) in [5.74, 6) is 0.890. The molecule has 1 aliphatic rings. The van der Waals surface area contributed by atoms with Gasteiger partial charge in [-0.05, 0) is 17.7 Å². The molecule has 1 atom stereocenters. The Hall–Kier alpha value is -2.03. The third kappa shape index (κ3) is 2.93. The van der Waals surface area contributed by atoms with E-state index in [1.807, 2.05) is 0 Å². The van der Waals surface area contributed by atoms with Crippen molar-refractivity contribution in [1.82, 2.24) is 4.90 Å². The van der Waals surface area contributed by atoms with Crippen molar-refractivity contribution < 1.29 is 22.4 Å². The molecule has 1 heterocycles. The van der Waals surface area contributed by atoms with Crippen LogP contribution in [0.5, 0.6) is 0 Å². The highest BCUT2D eigenvalue weighted by molar-refractivity contribution is 5.79. The van der Waals surface area contributed by atoms with E-state index in [2.05, 4.69) is 5.92 Å². The molecule has 0 N–H and O–H groups in total. The lowest BCUT2D eigenvalue weighted by Gasteiger charge is -2.19. The number of terminal acetylenes is 1. The van der Waals surface area contributed by atoms with Crippen LogP contribution in [-0.4, -0.2) is 17.4 Å². The Morgan fingerprint density at radius 1 is 1.40 bits per heavy atom. The third-order valence-corrected chi connectivity index (χ3v) is 3.19. The van der Waals surface area contributed by atoms with Crippen molar-refractivity contribution in [1.29, 1.82) is 0 Å². The molecule has 106 valence electrons. The number of carbonyl (C=O) groups is 1. The van der Waals surface area contributed by atoms with Gasteiger partial charge in [0.1, 0.15) is 5.82 Å². The maximum absolute atomic E-state index is 13.0. The van der Waals surface area contributed by atoms with Crippen molar-refractivity contribution in [3.63, 3.8) is 0 Å². The van der Waals surface area contributed by atoms with E-state index in [1.165, 1.54) is 4.90 Å². The van der Waals surface area contributed by atoms with E-state index >= 15 is 0 Å². The van der Waals surface area contributed by atoms with Crippen LogP contribution >= 0.6 is 0 Å². The number of rotatable bonds is 2. The second-order valence-electron chi connectivity index (χ2n) is 4.64. The Morgan fingerprint density at radius 2 is 2.10 bits per heavy atom. The highest BCUT2D eigenvalue weighted by Crippen LogP contribution is 2.33. The van der Waals surface area contributed by atoms with Crippen LogP contribution in [0.15, 0.2) is 18.2 Å². The number of hydrogen-bond donors (Lipinski definition) is 0. The average molecular weight is 285 g/mol. The molecule has 1 unspecified atom stereocenters. The summed E-state index contributed by atoms with van der Waals surface area (Å²) in [7, 11) is 0. The van der Waals surface area contributed by atoms with Gasteiger partial charge in [0.25, 0.3) is 0 Å². The van der Waals surface area contributed by atoms with Crippen molar-refractivity contribution in [2.75, 3.05) is 6.54 Å². The largest absolute Gasteiger partial charge is 0.416 e. The Balaban J connectivity index is 2.27. The minimum atomic E-state index is -4.66. The Bertz CT molecular complexity index is 574. The second kappa shape index (κ2) is 5.16. The first-order valence-corrected chi connectivity index (χ1v) is 5.91. The van der Waals surface area contributed by atoms with Crippen LogP contribution < -0.4 is 0 Å². The van der Waals surface area contributed by atoms with E-state index in [9.17, 15) is 22.4 Å². The smallest absolute Gasteiger partial charge is 0.337 e. The topological polar surface area (TPSA) is 20.3 Å². The van der Waals surface area contributed by atoms with Gasteiger partial charge in [0, 0.05) is 25.4 Å². The minimum Gasteiger partial charge on any atom is -0.337 e. The molecular formula is C14H11F4NO. The first-order valence-electron chi connectivity index (χ1n) is 5.91. The molecule has 0 bridgehead atoms. The van der Waals surface area contributed by atoms with Crippen LogP contribution in [0.1, 0.15) is 17.5 Å². The van der Waals surface area contributed by atoms with Gasteiger partial charge in [-0.2, -0.15) is 13.2 Å². The Labute approximate surface area is 113 Å². The predicted molar refractivity (Wildman–Crippen MR) is 63.8 cm³/mol. The van der Waals surface area contributed by atoms with Crippen LogP contribution in [0.3, 0.4) is 0 Å². The van der Waals surface area contributed by atoms with Crippen molar-refractivity contribution >= 4 is 5.91 Å².